The molecule has 0 fully saturated rings. The van der Waals surface area contributed by atoms with Crippen LogP contribution in [0.3, 0.4) is 0 Å². The van der Waals surface area contributed by atoms with Gasteiger partial charge in [-0.15, -0.1) is 0 Å². The van der Waals surface area contributed by atoms with Crippen LogP contribution in [0.15, 0.2) is 57.9 Å². The average molecular weight is 361 g/mol. The van der Waals surface area contributed by atoms with Crippen LogP contribution in [0.5, 0.6) is 0 Å². The number of sulfonamides is 1. The summed E-state index contributed by atoms with van der Waals surface area (Å²) in [7, 11) is -2.04. The minimum atomic E-state index is -3.56. The molecule has 0 aliphatic carbocycles. The van der Waals surface area contributed by atoms with E-state index in [-0.39, 0.29) is 4.90 Å². The predicted octanol–water partition coefficient (Wildman–Crippen LogP) is 3.93. The number of hydrogen-bond donors (Lipinski definition) is 0. The van der Waals surface area contributed by atoms with Gasteiger partial charge in [-0.25, -0.2) is 8.42 Å². The van der Waals surface area contributed by atoms with Crippen LogP contribution in [0.1, 0.15) is 0 Å². The maximum absolute atomic E-state index is 12.4. The maximum Gasteiger partial charge on any atom is 0.264 e. The molecule has 0 spiro atoms. The molecular weight excluding hydrogens is 350 g/mol. The van der Waals surface area contributed by atoms with Crippen LogP contribution in [-0.4, -0.2) is 15.5 Å². The summed E-state index contributed by atoms with van der Waals surface area (Å²) in [5, 5.41) is 0.505. The first-order chi connectivity index (χ1) is 8.91. The lowest BCUT2D eigenvalue weighted by Crippen LogP contribution is -2.26. The lowest BCUT2D eigenvalue weighted by Gasteiger charge is -2.19. The largest absolute Gasteiger partial charge is 0.269 e. The standard InChI is InChI=1S/C13H11BrClNO2S/c1-16(12-6-2-10(14)3-7-12)19(17,18)13-8-4-11(15)5-9-13/h2-9H,1H3. The third-order valence-electron chi connectivity index (χ3n) is 2.66. The number of rotatable bonds is 3. The summed E-state index contributed by atoms with van der Waals surface area (Å²) >= 11 is 9.08. The van der Waals surface area contributed by atoms with Gasteiger partial charge in [0, 0.05) is 16.5 Å². The van der Waals surface area contributed by atoms with Crippen LogP contribution in [-0.2, 0) is 10.0 Å². The van der Waals surface area contributed by atoms with E-state index in [1.54, 1.807) is 36.4 Å². The highest BCUT2D eigenvalue weighted by atomic mass is 79.9. The van der Waals surface area contributed by atoms with Gasteiger partial charge in [0.2, 0.25) is 0 Å². The van der Waals surface area contributed by atoms with Crippen LogP contribution in [0.2, 0.25) is 5.02 Å². The topological polar surface area (TPSA) is 37.4 Å². The fourth-order valence-electron chi connectivity index (χ4n) is 1.55. The molecule has 100 valence electrons. The molecule has 0 heterocycles. The molecule has 3 nitrogen and oxygen atoms in total. The minimum absolute atomic E-state index is 0.210. The van der Waals surface area contributed by atoms with Gasteiger partial charge >= 0.3 is 0 Å². The molecule has 0 aliphatic heterocycles. The van der Waals surface area contributed by atoms with Gasteiger partial charge in [-0.3, -0.25) is 4.31 Å². The Morgan fingerprint density at radius 1 is 1.00 bits per heavy atom. The number of halogens is 2. The van der Waals surface area contributed by atoms with Gasteiger partial charge in [0.05, 0.1) is 10.6 Å². The van der Waals surface area contributed by atoms with E-state index in [4.69, 9.17) is 11.6 Å². The molecule has 0 aliphatic rings. The second-order valence-corrected chi connectivity index (χ2v) is 7.22. The van der Waals surface area contributed by atoms with Crippen LogP contribution < -0.4 is 4.31 Å². The SMILES string of the molecule is CN(c1ccc(Br)cc1)S(=O)(=O)c1ccc(Cl)cc1. The Balaban J connectivity index is 2.39. The molecule has 0 unspecified atom stereocenters. The molecule has 19 heavy (non-hydrogen) atoms. The summed E-state index contributed by atoms with van der Waals surface area (Å²) in [6.07, 6.45) is 0. The predicted molar refractivity (Wildman–Crippen MR) is 81.2 cm³/mol. The summed E-state index contributed by atoms with van der Waals surface area (Å²) in [6, 6.07) is 13.2. The lowest BCUT2D eigenvalue weighted by atomic mass is 10.3. The van der Waals surface area contributed by atoms with Crippen molar-refractivity contribution in [3.05, 3.63) is 58.0 Å². The van der Waals surface area contributed by atoms with Gasteiger partial charge in [0.15, 0.2) is 0 Å². The third kappa shape index (κ3) is 3.11. The molecule has 0 bridgehead atoms. The second-order valence-electron chi connectivity index (χ2n) is 3.90. The molecule has 0 aromatic heterocycles. The van der Waals surface area contributed by atoms with Crippen molar-refractivity contribution in [2.75, 3.05) is 11.4 Å². The van der Waals surface area contributed by atoms with Gasteiger partial charge in [0.25, 0.3) is 10.0 Å². The molecule has 0 saturated carbocycles. The van der Waals surface area contributed by atoms with Crippen molar-refractivity contribution in [1.82, 2.24) is 0 Å². The highest BCUT2D eigenvalue weighted by Crippen LogP contribution is 2.24. The zero-order chi connectivity index (χ0) is 14.0. The molecule has 2 aromatic rings. The Hall–Kier alpha value is -1.04. The highest BCUT2D eigenvalue weighted by Gasteiger charge is 2.20. The number of anilines is 1. The summed E-state index contributed by atoms with van der Waals surface area (Å²) in [5.74, 6) is 0. The fraction of sp³-hybridized carbons (Fsp3) is 0.0769. The molecule has 0 N–H and O–H groups in total. The Kier molecular flexibility index (Phi) is 4.18. The molecule has 2 rings (SSSR count). The van der Waals surface area contributed by atoms with E-state index in [0.29, 0.717) is 10.7 Å². The van der Waals surface area contributed by atoms with Crippen LogP contribution in [0.25, 0.3) is 0 Å². The van der Waals surface area contributed by atoms with Crippen molar-refractivity contribution >= 4 is 43.2 Å². The number of benzene rings is 2. The van der Waals surface area contributed by atoms with E-state index >= 15 is 0 Å². The third-order valence-corrected chi connectivity index (χ3v) is 5.24. The quantitative estimate of drug-likeness (QED) is 0.832. The van der Waals surface area contributed by atoms with Crippen LogP contribution in [0, 0.1) is 0 Å². The van der Waals surface area contributed by atoms with Gasteiger partial charge in [-0.05, 0) is 48.5 Å². The highest BCUT2D eigenvalue weighted by molar-refractivity contribution is 9.10. The maximum atomic E-state index is 12.4. The summed E-state index contributed by atoms with van der Waals surface area (Å²) in [4.78, 5) is 0.210. The Morgan fingerprint density at radius 3 is 2.05 bits per heavy atom. The average Bonchev–Trinajstić information content (AvgIpc) is 2.39. The molecule has 2 aromatic carbocycles. The Morgan fingerprint density at radius 2 is 1.53 bits per heavy atom. The number of hydrogen-bond acceptors (Lipinski definition) is 2. The first-order valence-corrected chi connectivity index (χ1v) is 8.02. The monoisotopic (exact) mass is 359 g/mol. The van der Waals surface area contributed by atoms with E-state index in [0.717, 1.165) is 4.47 Å². The van der Waals surface area contributed by atoms with Gasteiger partial charge < -0.3 is 0 Å². The van der Waals surface area contributed by atoms with Crippen LogP contribution in [0.4, 0.5) is 5.69 Å². The molecule has 0 radical (unpaired) electrons. The Bertz CT molecular complexity index is 669. The van der Waals surface area contributed by atoms with Gasteiger partial charge in [-0.1, -0.05) is 27.5 Å². The first kappa shape index (κ1) is 14.4. The molecule has 6 heteroatoms. The minimum Gasteiger partial charge on any atom is -0.269 e. The van der Waals surface area contributed by atoms with E-state index < -0.39 is 10.0 Å². The fourth-order valence-corrected chi connectivity index (χ4v) is 3.14. The van der Waals surface area contributed by atoms with Crippen molar-refractivity contribution < 1.29 is 8.42 Å². The first-order valence-electron chi connectivity index (χ1n) is 5.41. The van der Waals surface area contributed by atoms with E-state index in [1.807, 2.05) is 0 Å². The van der Waals surface area contributed by atoms with Crippen molar-refractivity contribution in [2.45, 2.75) is 4.90 Å². The van der Waals surface area contributed by atoms with E-state index in [9.17, 15) is 8.42 Å². The zero-order valence-corrected chi connectivity index (χ0v) is 13.2. The second kappa shape index (κ2) is 5.53. The Labute approximate surface area is 126 Å². The normalized spacial score (nSPS) is 11.3. The zero-order valence-electron chi connectivity index (χ0n) is 10.0. The summed E-state index contributed by atoms with van der Waals surface area (Å²) in [6.45, 7) is 0. The van der Waals surface area contributed by atoms with Crippen molar-refractivity contribution in [1.29, 1.82) is 0 Å². The van der Waals surface area contributed by atoms with Crippen molar-refractivity contribution in [2.24, 2.45) is 0 Å². The smallest absolute Gasteiger partial charge is 0.264 e. The summed E-state index contributed by atoms with van der Waals surface area (Å²) < 4.78 is 26.9. The van der Waals surface area contributed by atoms with Crippen molar-refractivity contribution in [3.8, 4) is 0 Å². The number of nitrogens with zero attached hydrogens (tertiary/aromatic N) is 1. The van der Waals surface area contributed by atoms with E-state index in [1.165, 1.54) is 23.5 Å². The van der Waals surface area contributed by atoms with Gasteiger partial charge in [0.1, 0.15) is 0 Å². The van der Waals surface area contributed by atoms with Crippen LogP contribution >= 0.6 is 27.5 Å². The molecule has 0 amide bonds. The lowest BCUT2D eigenvalue weighted by molar-refractivity contribution is 0.594. The van der Waals surface area contributed by atoms with Gasteiger partial charge in [-0.2, -0.15) is 0 Å². The van der Waals surface area contributed by atoms with Crippen molar-refractivity contribution in [3.63, 3.8) is 0 Å². The van der Waals surface area contributed by atoms with E-state index in [2.05, 4.69) is 15.9 Å². The molecule has 0 saturated heterocycles. The molecule has 0 atom stereocenters. The summed E-state index contributed by atoms with van der Waals surface area (Å²) in [5.41, 5.74) is 0.596. The molecular formula is C13H11BrClNO2S.